The van der Waals surface area contributed by atoms with Crippen molar-refractivity contribution in [3.8, 4) is 0 Å². The van der Waals surface area contributed by atoms with Crippen molar-refractivity contribution in [3.63, 3.8) is 0 Å². The third-order valence-electron chi connectivity index (χ3n) is 2.50. The number of thiazole rings is 1. The van der Waals surface area contributed by atoms with E-state index in [0.717, 1.165) is 11.8 Å². The van der Waals surface area contributed by atoms with Crippen LogP contribution in [0, 0.1) is 10.1 Å². The fourth-order valence-corrected chi connectivity index (χ4v) is 3.19. The highest BCUT2D eigenvalue weighted by Gasteiger charge is 2.17. The van der Waals surface area contributed by atoms with E-state index in [1.165, 1.54) is 29.5 Å². The molecule has 0 spiro atoms. The van der Waals surface area contributed by atoms with Gasteiger partial charge in [-0.25, -0.2) is 18.1 Å². The molecule has 1 N–H and O–H groups in total. The zero-order valence-electron chi connectivity index (χ0n) is 10.2. The van der Waals surface area contributed by atoms with E-state index in [4.69, 9.17) is 0 Å². The number of nitrogens with one attached hydrogen (secondary N) is 1. The lowest BCUT2D eigenvalue weighted by atomic mass is 10.3. The quantitative estimate of drug-likeness (QED) is 0.644. The lowest BCUT2D eigenvalue weighted by Gasteiger charge is -2.05. The van der Waals surface area contributed by atoms with Gasteiger partial charge in [0.15, 0.2) is 0 Å². The standard InChI is InChI=1S/C11H11N3O4S2/c15-14(16)10-2-1-3-11(6-10)20(17,18)13-5-4-9-7-19-8-12-9/h1-3,6-8,13H,4-5H2. The minimum Gasteiger partial charge on any atom is -0.258 e. The Morgan fingerprint density at radius 3 is 2.85 bits per heavy atom. The second-order valence-corrected chi connectivity index (χ2v) is 6.37. The lowest BCUT2D eigenvalue weighted by Crippen LogP contribution is -2.26. The number of hydrogen-bond acceptors (Lipinski definition) is 6. The van der Waals surface area contributed by atoms with Gasteiger partial charge in [-0.1, -0.05) is 6.07 Å². The van der Waals surface area contributed by atoms with E-state index in [1.807, 2.05) is 5.38 Å². The van der Waals surface area contributed by atoms with E-state index in [9.17, 15) is 18.5 Å². The van der Waals surface area contributed by atoms with Crippen molar-refractivity contribution in [1.29, 1.82) is 0 Å². The molecule has 9 heteroatoms. The van der Waals surface area contributed by atoms with Gasteiger partial charge in [0.05, 0.1) is 21.0 Å². The minimum atomic E-state index is -3.75. The molecule has 0 aliphatic carbocycles. The summed E-state index contributed by atoms with van der Waals surface area (Å²) in [6, 6.07) is 4.94. The summed E-state index contributed by atoms with van der Waals surface area (Å²) in [5, 5.41) is 12.5. The molecule has 7 nitrogen and oxygen atoms in total. The molecule has 0 aliphatic heterocycles. The van der Waals surface area contributed by atoms with Crippen molar-refractivity contribution in [3.05, 3.63) is 51.0 Å². The molecule has 2 rings (SSSR count). The van der Waals surface area contributed by atoms with Crippen molar-refractivity contribution < 1.29 is 13.3 Å². The minimum absolute atomic E-state index is 0.120. The fourth-order valence-electron chi connectivity index (χ4n) is 1.52. The van der Waals surface area contributed by atoms with Gasteiger partial charge in [0, 0.05) is 30.5 Å². The summed E-state index contributed by atoms with van der Waals surface area (Å²) in [5.74, 6) is 0. The second-order valence-electron chi connectivity index (χ2n) is 3.88. The molecule has 0 bridgehead atoms. The predicted octanol–water partition coefficient (Wildman–Crippen LogP) is 1.57. The number of aromatic nitrogens is 1. The monoisotopic (exact) mass is 313 g/mol. The van der Waals surface area contributed by atoms with Gasteiger partial charge in [-0.2, -0.15) is 0 Å². The van der Waals surface area contributed by atoms with Crippen LogP contribution in [0.1, 0.15) is 5.69 Å². The molecule has 0 atom stereocenters. The van der Waals surface area contributed by atoms with Crippen LogP contribution in [0.5, 0.6) is 0 Å². The van der Waals surface area contributed by atoms with Crippen LogP contribution in [0.15, 0.2) is 40.1 Å². The maximum Gasteiger partial charge on any atom is 0.270 e. The van der Waals surface area contributed by atoms with Crippen LogP contribution in [0.3, 0.4) is 0 Å². The first-order chi connectivity index (χ1) is 9.49. The highest BCUT2D eigenvalue weighted by atomic mass is 32.2. The topological polar surface area (TPSA) is 102 Å². The maximum absolute atomic E-state index is 12.0. The van der Waals surface area contributed by atoms with Crippen LogP contribution in [0.25, 0.3) is 0 Å². The second kappa shape index (κ2) is 6.07. The van der Waals surface area contributed by atoms with Crippen molar-refractivity contribution in [1.82, 2.24) is 9.71 Å². The summed E-state index contributed by atoms with van der Waals surface area (Å²) in [6.45, 7) is 0.189. The predicted molar refractivity (Wildman–Crippen MR) is 74.1 cm³/mol. The molecule has 0 fully saturated rings. The van der Waals surface area contributed by atoms with Gasteiger partial charge in [-0.15, -0.1) is 11.3 Å². The highest BCUT2D eigenvalue weighted by molar-refractivity contribution is 7.89. The summed E-state index contributed by atoms with van der Waals surface area (Å²) in [5.41, 5.74) is 2.22. The highest BCUT2D eigenvalue weighted by Crippen LogP contribution is 2.17. The SMILES string of the molecule is O=[N+]([O-])c1cccc(S(=O)(=O)NCCc2cscn2)c1. The molecule has 20 heavy (non-hydrogen) atoms. The van der Waals surface area contributed by atoms with Crippen LogP contribution in [0.2, 0.25) is 0 Å². The number of hydrogen-bond donors (Lipinski definition) is 1. The van der Waals surface area contributed by atoms with Gasteiger partial charge in [-0.05, 0) is 6.07 Å². The molecule has 106 valence electrons. The smallest absolute Gasteiger partial charge is 0.258 e. The molecular formula is C11H11N3O4S2. The van der Waals surface area contributed by atoms with Crippen molar-refractivity contribution in [2.75, 3.05) is 6.54 Å². The van der Waals surface area contributed by atoms with Crippen molar-refractivity contribution in [2.24, 2.45) is 0 Å². The van der Waals surface area contributed by atoms with Gasteiger partial charge in [0.2, 0.25) is 10.0 Å². The molecule has 0 radical (unpaired) electrons. The Morgan fingerprint density at radius 2 is 2.20 bits per heavy atom. The lowest BCUT2D eigenvalue weighted by molar-refractivity contribution is -0.385. The Morgan fingerprint density at radius 1 is 1.40 bits per heavy atom. The first-order valence-electron chi connectivity index (χ1n) is 5.60. The van der Waals surface area contributed by atoms with E-state index in [1.54, 1.807) is 5.51 Å². The third kappa shape index (κ3) is 3.59. The Kier molecular flexibility index (Phi) is 4.42. The zero-order valence-corrected chi connectivity index (χ0v) is 11.9. The van der Waals surface area contributed by atoms with Crippen LogP contribution >= 0.6 is 11.3 Å². The van der Waals surface area contributed by atoms with E-state index in [0.29, 0.717) is 6.42 Å². The Labute approximate surface area is 119 Å². The molecule has 2 aromatic rings. The average molecular weight is 313 g/mol. The molecule has 1 heterocycles. The van der Waals surface area contributed by atoms with Gasteiger partial charge in [0.25, 0.3) is 5.69 Å². The third-order valence-corrected chi connectivity index (χ3v) is 4.59. The largest absolute Gasteiger partial charge is 0.270 e. The van der Waals surface area contributed by atoms with Crippen LogP contribution in [0.4, 0.5) is 5.69 Å². The summed E-state index contributed by atoms with van der Waals surface area (Å²) in [4.78, 5) is 13.9. The number of benzene rings is 1. The van der Waals surface area contributed by atoms with Crippen molar-refractivity contribution in [2.45, 2.75) is 11.3 Å². The average Bonchev–Trinajstić information content (AvgIpc) is 2.92. The number of nitrogens with zero attached hydrogens (tertiary/aromatic N) is 2. The summed E-state index contributed by atoms with van der Waals surface area (Å²) in [6.07, 6.45) is 0.470. The molecule has 0 aliphatic rings. The van der Waals surface area contributed by atoms with E-state index < -0.39 is 14.9 Å². The molecule has 0 saturated carbocycles. The molecule has 1 aromatic carbocycles. The summed E-state index contributed by atoms with van der Waals surface area (Å²) >= 11 is 1.44. The summed E-state index contributed by atoms with van der Waals surface area (Å²) in [7, 11) is -3.75. The summed E-state index contributed by atoms with van der Waals surface area (Å²) < 4.78 is 26.4. The van der Waals surface area contributed by atoms with Gasteiger partial charge in [-0.3, -0.25) is 10.1 Å². The Bertz CT molecular complexity index is 698. The Hall–Kier alpha value is -1.84. The normalized spacial score (nSPS) is 11.4. The van der Waals surface area contributed by atoms with Gasteiger partial charge >= 0.3 is 0 Å². The molecule has 0 unspecified atom stereocenters. The van der Waals surface area contributed by atoms with E-state index in [-0.39, 0.29) is 17.1 Å². The number of non-ortho nitro benzene ring substituents is 1. The maximum atomic E-state index is 12.0. The Balaban J connectivity index is 2.06. The number of nitro benzene ring substituents is 1. The fraction of sp³-hybridized carbons (Fsp3) is 0.182. The number of rotatable bonds is 6. The van der Waals surface area contributed by atoms with Gasteiger partial charge in [0.1, 0.15) is 0 Å². The van der Waals surface area contributed by atoms with Crippen molar-refractivity contribution >= 4 is 27.0 Å². The van der Waals surface area contributed by atoms with E-state index in [2.05, 4.69) is 9.71 Å². The molecular weight excluding hydrogens is 302 g/mol. The molecule has 0 saturated heterocycles. The first-order valence-corrected chi connectivity index (χ1v) is 8.03. The van der Waals surface area contributed by atoms with Crippen LogP contribution in [-0.4, -0.2) is 24.9 Å². The van der Waals surface area contributed by atoms with Gasteiger partial charge < -0.3 is 0 Å². The van der Waals surface area contributed by atoms with Crippen LogP contribution < -0.4 is 4.72 Å². The van der Waals surface area contributed by atoms with E-state index >= 15 is 0 Å². The first kappa shape index (κ1) is 14.6. The molecule has 0 amide bonds. The zero-order chi connectivity index (χ0) is 14.6. The molecule has 1 aromatic heterocycles. The number of sulfonamides is 1. The van der Waals surface area contributed by atoms with Crippen LogP contribution in [-0.2, 0) is 16.4 Å². The number of nitro groups is 1.